The highest BCUT2D eigenvalue weighted by molar-refractivity contribution is 6.43. The van der Waals surface area contributed by atoms with E-state index in [1.54, 1.807) is 12.3 Å². The molecule has 2 nitrogen and oxygen atoms in total. The van der Waals surface area contributed by atoms with Crippen LogP contribution in [0.1, 0.15) is 19.1 Å². The van der Waals surface area contributed by atoms with Gasteiger partial charge in [-0.15, -0.1) is 0 Å². The van der Waals surface area contributed by atoms with Crippen molar-refractivity contribution in [1.82, 2.24) is 0 Å². The molecule has 0 saturated heterocycles. The van der Waals surface area contributed by atoms with E-state index in [0.717, 1.165) is 24.3 Å². The summed E-state index contributed by atoms with van der Waals surface area (Å²) in [4.78, 5) is 0. The average molecular weight is 284 g/mol. The predicted molar refractivity (Wildman–Crippen MR) is 76.6 cm³/mol. The zero-order valence-corrected chi connectivity index (χ0v) is 11.6. The van der Waals surface area contributed by atoms with Crippen molar-refractivity contribution in [2.75, 3.05) is 5.32 Å². The number of furan rings is 1. The summed E-state index contributed by atoms with van der Waals surface area (Å²) in [6.45, 7) is 2.11. The highest BCUT2D eigenvalue weighted by atomic mass is 35.5. The van der Waals surface area contributed by atoms with E-state index in [-0.39, 0.29) is 0 Å². The molecule has 0 amide bonds. The van der Waals surface area contributed by atoms with Crippen molar-refractivity contribution in [3.05, 3.63) is 52.4 Å². The summed E-state index contributed by atoms with van der Waals surface area (Å²) in [5.41, 5.74) is 0.871. The molecule has 4 heteroatoms. The van der Waals surface area contributed by atoms with Crippen molar-refractivity contribution in [1.29, 1.82) is 0 Å². The highest BCUT2D eigenvalue weighted by Crippen LogP contribution is 2.30. The monoisotopic (exact) mass is 283 g/mol. The predicted octanol–water partition coefficient (Wildman–Crippen LogP) is 5.02. The third-order valence-corrected chi connectivity index (χ3v) is 3.58. The summed E-state index contributed by atoms with van der Waals surface area (Å²) in [6.07, 6.45) is 3.57. The lowest BCUT2D eigenvalue weighted by Gasteiger charge is -2.16. The smallest absolute Gasteiger partial charge is 0.103 e. The number of nitrogens with one attached hydrogen (secondary N) is 1. The van der Waals surface area contributed by atoms with E-state index in [0.29, 0.717) is 16.1 Å². The standard InChI is InChI=1S/C14H15Cl2NO/c1-10(7-8-11-4-3-9-18-11)17-13-6-2-5-12(15)14(13)16/h2-6,9-10,17H,7-8H2,1H3. The molecule has 0 aliphatic heterocycles. The maximum absolute atomic E-state index is 6.12. The quantitative estimate of drug-likeness (QED) is 0.834. The van der Waals surface area contributed by atoms with Crippen molar-refractivity contribution in [2.24, 2.45) is 0 Å². The molecule has 1 atom stereocenters. The average Bonchev–Trinajstić information content (AvgIpc) is 2.86. The first-order chi connectivity index (χ1) is 8.66. The molecule has 2 aromatic rings. The maximum Gasteiger partial charge on any atom is 0.103 e. The number of benzene rings is 1. The van der Waals surface area contributed by atoms with E-state index in [4.69, 9.17) is 27.6 Å². The van der Waals surface area contributed by atoms with Crippen LogP contribution in [-0.4, -0.2) is 6.04 Å². The van der Waals surface area contributed by atoms with Gasteiger partial charge in [0.25, 0.3) is 0 Å². The first kappa shape index (κ1) is 13.3. The van der Waals surface area contributed by atoms with Gasteiger partial charge in [0.2, 0.25) is 0 Å². The van der Waals surface area contributed by atoms with Gasteiger partial charge in [-0.05, 0) is 37.6 Å². The Morgan fingerprint density at radius 1 is 1.22 bits per heavy atom. The molecule has 2 rings (SSSR count). The lowest BCUT2D eigenvalue weighted by molar-refractivity contribution is 0.495. The third kappa shape index (κ3) is 3.44. The van der Waals surface area contributed by atoms with Crippen molar-refractivity contribution in [3.8, 4) is 0 Å². The second-order valence-electron chi connectivity index (χ2n) is 4.26. The Hall–Kier alpha value is -1.12. The molecule has 96 valence electrons. The van der Waals surface area contributed by atoms with Gasteiger partial charge in [0.05, 0.1) is 22.0 Å². The minimum Gasteiger partial charge on any atom is -0.469 e. The summed E-state index contributed by atoms with van der Waals surface area (Å²) < 4.78 is 5.30. The van der Waals surface area contributed by atoms with Crippen LogP contribution < -0.4 is 5.32 Å². The molecule has 0 aliphatic carbocycles. The number of halogens is 2. The van der Waals surface area contributed by atoms with Crippen LogP contribution in [0.5, 0.6) is 0 Å². The van der Waals surface area contributed by atoms with Gasteiger partial charge in [-0.2, -0.15) is 0 Å². The molecule has 0 bridgehead atoms. The van der Waals surface area contributed by atoms with Crippen molar-refractivity contribution < 1.29 is 4.42 Å². The molecule has 1 N–H and O–H groups in total. The van der Waals surface area contributed by atoms with Crippen LogP contribution in [0.2, 0.25) is 10.0 Å². The molecular weight excluding hydrogens is 269 g/mol. The Morgan fingerprint density at radius 3 is 2.78 bits per heavy atom. The van der Waals surface area contributed by atoms with E-state index >= 15 is 0 Å². The zero-order valence-electron chi connectivity index (χ0n) is 10.1. The molecule has 18 heavy (non-hydrogen) atoms. The lowest BCUT2D eigenvalue weighted by Crippen LogP contribution is -2.16. The molecule has 0 fully saturated rings. The zero-order chi connectivity index (χ0) is 13.0. The maximum atomic E-state index is 6.12. The Morgan fingerprint density at radius 2 is 2.06 bits per heavy atom. The Kier molecular flexibility index (Phi) is 4.56. The molecular formula is C14H15Cl2NO. The van der Waals surface area contributed by atoms with Crippen LogP contribution in [-0.2, 0) is 6.42 Å². The van der Waals surface area contributed by atoms with Crippen LogP contribution in [0, 0.1) is 0 Å². The van der Waals surface area contributed by atoms with Crippen LogP contribution in [0.15, 0.2) is 41.0 Å². The number of hydrogen-bond acceptors (Lipinski definition) is 2. The summed E-state index contributed by atoms with van der Waals surface area (Å²) in [5.74, 6) is 1.00. The first-order valence-corrected chi connectivity index (χ1v) is 6.65. The van der Waals surface area contributed by atoms with E-state index in [2.05, 4.69) is 12.2 Å². The van der Waals surface area contributed by atoms with Gasteiger partial charge >= 0.3 is 0 Å². The number of anilines is 1. The van der Waals surface area contributed by atoms with Gasteiger partial charge in [0, 0.05) is 12.5 Å². The Labute approximate surface area is 117 Å². The van der Waals surface area contributed by atoms with E-state index < -0.39 is 0 Å². The van der Waals surface area contributed by atoms with E-state index in [1.165, 1.54) is 0 Å². The third-order valence-electron chi connectivity index (χ3n) is 2.76. The molecule has 1 heterocycles. The summed E-state index contributed by atoms with van der Waals surface area (Å²) in [7, 11) is 0. The molecule has 1 aromatic heterocycles. The summed E-state index contributed by atoms with van der Waals surface area (Å²) in [5, 5.41) is 4.50. The van der Waals surface area contributed by atoms with Gasteiger partial charge in [-0.1, -0.05) is 29.3 Å². The lowest BCUT2D eigenvalue weighted by atomic mass is 10.1. The SMILES string of the molecule is CC(CCc1ccco1)Nc1cccc(Cl)c1Cl. The fourth-order valence-corrected chi connectivity index (χ4v) is 2.12. The van der Waals surface area contributed by atoms with E-state index in [9.17, 15) is 0 Å². The van der Waals surface area contributed by atoms with Crippen LogP contribution >= 0.6 is 23.2 Å². The fraction of sp³-hybridized carbons (Fsp3) is 0.286. The van der Waals surface area contributed by atoms with Gasteiger partial charge < -0.3 is 9.73 Å². The Bertz CT molecular complexity index is 497. The minimum absolute atomic E-state index is 0.297. The highest BCUT2D eigenvalue weighted by Gasteiger charge is 2.08. The largest absolute Gasteiger partial charge is 0.469 e. The molecule has 0 spiro atoms. The van der Waals surface area contributed by atoms with Gasteiger partial charge in [0.15, 0.2) is 0 Å². The first-order valence-electron chi connectivity index (χ1n) is 5.89. The van der Waals surface area contributed by atoms with Gasteiger partial charge in [-0.25, -0.2) is 0 Å². The number of hydrogen-bond donors (Lipinski definition) is 1. The van der Waals surface area contributed by atoms with Crippen LogP contribution in [0.3, 0.4) is 0 Å². The van der Waals surface area contributed by atoms with Crippen molar-refractivity contribution >= 4 is 28.9 Å². The molecule has 1 aromatic carbocycles. The van der Waals surface area contributed by atoms with E-state index in [1.807, 2.05) is 24.3 Å². The normalized spacial score (nSPS) is 12.4. The van der Waals surface area contributed by atoms with Crippen LogP contribution in [0.4, 0.5) is 5.69 Å². The summed E-state index contributed by atoms with van der Waals surface area (Å²) >= 11 is 12.1. The second-order valence-corrected chi connectivity index (χ2v) is 5.05. The molecule has 1 unspecified atom stereocenters. The minimum atomic E-state index is 0.297. The number of aryl methyl sites for hydroxylation is 1. The van der Waals surface area contributed by atoms with Gasteiger partial charge in [0.1, 0.15) is 5.76 Å². The van der Waals surface area contributed by atoms with Crippen molar-refractivity contribution in [2.45, 2.75) is 25.8 Å². The van der Waals surface area contributed by atoms with Crippen LogP contribution in [0.25, 0.3) is 0 Å². The van der Waals surface area contributed by atoms with Gasteiger partial charge in [-0.3, -0.25) is 0 Å². The summed E-state index contributed by atoms with van der Waals surface area (Å²) in [6, 6.07) is 9.78. The fourth-order valence-electron chi connectivity index (χ4n) is 1.77. The number of rotatable bonds is 5. The topological polar surface area (TPSA) is 25.2 Å². The second kappa shape index (κ2) is 6.17. The molecule has 0 saturated carbocycles. The molecule has 0 aliphatic rings. The Balaban J connectivity index is 1.90. The van der Waals surface area contributed by atoms with Crippen molar-refractivity contribution in [3.63, 3.8) is 0 Å². The molecule has 0 radical (unpaired) electrons.